The van der Waals surface area contributed by atoms with Crippen LogP contribution in [-0.2, 0) is 19.4 Å². The smallest absolute Gasteiger partial charge is 0.0450 e. The van der Waals surface area contributed by atoms with Crippen molar-refractivity contribution in [2.45, 2.75) is 25.4 Å². The van der Waals surface area contributed by atoms with Crippen molar-refractivity contribution in [3.63, 3.8) is 0 Å². The molecule has 0 radical (unpaired) electrons. The molecular weight excluding hydrogens is 277 g/mol. The molecule has 0 aromatic heterocycles. The van der Waals surface area contributed by atoms with E-state index in [1.165, 1.54) is 16.7 Å². The molecular formula is C16H17Cl2N. The highest BCUT2D eigenvalue weighted by Gasteiger charge is 2.20. The minimum atomic E-state index is 0. The molecule has 0 heterocycles. The molecule has 1 aliphatic rings. The van der Waals surface area contributed by atoms with Gasteiger partial charge in [0, 0.05) is 17.6 Å². The van der Waals surface area contributed by atoms with E-state index in [1.54, 1.807) is 0 Å². The number of halogens is 2. The lowest BCUT2D eigenvalue weighted by molar-refractivity contribution is 0.533. The summed E-state index contributed by atoms with van der Waals surface area (Å²) < 4.78 is 0. The molecule has 3 rings (SSSR count). The van der Waals surface area contributed by atoms with Crippen molar-refractivity contribution < 1.29 is 0 Å². The Kier molecular flexibility index (Phi) is 4.87. The molecule has 0 saturated heterocycles. The minimum absolute atomic E-state index is 0. The quantitative estimate of drug-likeness (QED) is 0.901. The third-order valence-electron chi connectivity index (χ3n) is 3.59. The van der Waals surface area contributed by atoms with Gasteiger partial charge in [-0.25, -0.2) is 0 Å². The topological polar surface area (TPSA) is 12.0 Å². The Morgan fingerprint density at radius 3 is 2.16 bits per heavy atom. The Morgan fingerprint density at radius 2 is 1.53 bits per heavy atom. The summed E-state index contributed by atoms with van der Waals surface area (Å²) in [5.74, 6) is 0. The number of nitrogens with one attached hydrogen (secondary N) is 1. The van der Waals surface area contributed by atoms with Crippen LogP contribution in [0.4, 0.5) is 0 Å². The van der Waals surface area contributed by atoms with E-state index in [9.17, 15) is 0 Å². The van der Waals surface area contributed by atoms with Gasteiger partial charge in [0.2, 0.25) is 0 Å². The largest absolute Gasteiger partial charge is 0.309 e. The van der Waals surface area contributed by atoms with Gasteiger partial charge in [-0.1, -0.05) is 54.1 Å². The molecule has 0 bridgehead atoms. The molecule has 0 spiro atoms. The molecule has 3 heteroatoms. The summed E-state index contributed by atoms with van der Waals surface area (Å²) in [4.78, 5) is 0. The van der Waals surface area contributed by atoms with Crippen LogP contribution >= 0.6 is 24.0 Å². The summed E-state index contributed by atoms with van der Waals surface area (Å²) in [5.41, 5.74) is 4.14. The number of fused-ring (bicyclic) bond motifs is 1. The van der Waals surface area contributed by atoms with Gasteiger partial charge < -0.3 is 5.32 Å². The van der Waals surface area contributed by atoms with Gasteiger partial charge in [0.15, 0.2) is 0 Å². The monoisotopic (exact) mass is 293 g/mol. The van der Waals surface area contributed by atoms with Crippen molar-refractivity contribution in [2.24, 2.45) is 0 Å². The molecule has 0 unspecified atom stereocenters. The molecule has 0 fully saturated rings. The number of hydrogen-bond acceptors (Lipinski definition) is 1. The van der Waals surface area contributed by atoms with Crippen LogP contribution < -0.4 is 5.32 Å². The highest BCUT2D eigenvalue weighted by molar-refractivity contribution is 6.31. The SMILES string of the molecule is Cl.Clc1ccccc1CNC1Cc2ccccc2C1. The van der Waals surface area contributed by atoms with E-state index in [4.69, 9.17) is 11.6 Å². The van der Waals surface area contributed by atoms with Crippen molar-refractivity contribution in [1.29, 1.82) is 0 Å². The summed E-state index contributed by atoms with van der Waals surface area (Å²) in [7, 11) is 0. The fourth-order valence-corrected chi connectivity index (χ4v) is 2.80. The Bertz CT molecular complexity index is 529. The molecule has 0 aliphatic heterocycles. The standard InChI is InChI=1S/C16H16ClN.ClH/c17-16-8-4-3-7-14(16)11-18-15-9-12-5-1-2-6-13(12)10-15;/h1-8,15,18H,9-11H2;1H. The predicted octanol–water partition coefficient (Wildman–Crippen LogP) is 4.02. The van der Waals surface area contributed by atoms with Crippen LogP contribution in [0.25, 0.3) is 0 Å². The maximum atomic E-state index is 6.16. The third kappa shape index (κ3) is 3.30. The van der Waals surface area contributed by atoms with Crippen molar-refractivity contribution in [3.8, 4) is 0 Å². The molecule has 1 N–H and O–H groups in total. The zero-order chi connectivity index (χ0) is 12.4. The van der Waals surface area contributed by atoms with E-state index in [0.29, 0.717) is 6.04 Å². The lowest BCUT2D eigenvalue weighted by Crippen LogP contribution is -2.29. The minimum Gasteiger partial charge on any atom is -0.309 e. The maximum absolute atomic E-state index is 6.16. The van der Waals surface area contributed by atoms with Crippen LogP contribution in [0, 0.1) is 0 Å². The zero-order valence-corrected chi connectivity index (χ0v) is 12.2. The van der Waals surface area contributed by atoms with Crippen LogP contribution in [0.2, 0.25) is 5.02 Å². The molecule has 2 aromatic carbocycles. The van der Waals surface area contributed by atoms with Crippen LogP contribution in [0.15, 0.2) is 48.5 Å². The molecule has 0 atom stereocenters. The van der Waals surface area contributed by atoms with E-state index in [2.05, 4.69) is 35.6 Å². The van der Waals surface area contributed by atoms with E-state index < -0.39 is 0 Å². The predicted molar refractivity (Wildman–Crippen MR) is 83.2 cm³/mol. The van der Waals surface area contributed by atoms with Crippen LogP contribution in [-0.4, -0.2) is 6.04 Å². The van der Waals surface area contributed by atoms with Crippen molar-refractivity contribution in [2.75, 3.05) is 0 Å². The Morgan fingerprint density at radius 1 is 0.947 bits per heavy atom. The molecule has 1 aliphatic carbocycles. The van der Waals surface area contributed by atoms with Crippen molar-refractivity contribution in [1.82, 2.24) is 5.32 Å². The Labute approximate surface area is 125 Å². The summed E-state index contributed by atoms with van der Waals surface area (Å²) in [6.07, 6.45) is 2.25. The first-order chi connectivity index (χ1) is 8.83. The molecule has 100 valence electrons. The van der Waals surface area contributed by atoms with Gasteiger partial charge in [-0.3, -0.25) is 0 Å². The second-order valence-electron chi connectivity index (χ2n) is 4.85. The molecule has 2 aromatic rings. The summed E-state index contributed by atoms with van der Waals surface area (Å²) in [5, 5.41) is 4.45. The van der Waals surface area contributed by atoms with Crippen molar-refractivity contribution in [3.05, 3.63) is 70.2 Å². The average Bonchev–Trinajstić information content (AvgIpc) is 2.80. The van der Waals surface area contributed by atoms with Gasteiger partial charge in [0.1, 0.15) is 0 Å². The number of benzene rings is 2. The van der Waals surface area contributed by atoms with E-state index in [-0.39, 0.29) is 12.4 Å². The van der Waals surface area contributed by atoms with Crippen molar-refractivity contribution >= 4 is 24.0 Å². The maximum Gasteiger partial charge on any atom is 0.0450 e. The van der Waals surface area contributed by atoms with E-state index in [0.717, 1.165) is 24.4 Å². The first kappa shape index (κ1) is 14.4. The van der Waals surface area contributed by atoms with Crippen LogP contribution in [0.1, 0.15) is 16.7 Å². The molecule has 0 saturated carbocycles. The second kappa shape index (κ2) is 6.42. The first-order valence-electron chi connectivity index (χ1n) is 6.36. The number of rotatable bonds is 3. The van der Waals surface area contributed by atoms with E-state index >= 15 is 0 Å². The lowest BCUT2D eigenvalue weighted by atomic mass is 10.1. The Hall–Kier alpha value is -1.02. The van der Waals surface area contributed by atoms with Gasteiger partial charge in [-0.2, -0.15) is 0 Å². The summed E-state index contributed by atoms with van der Waals surface area (Å²) in [6.45, 7) is 0.846. The fraction of sp³-hybridized carbons (Fsp3) is 0.250. The third-order valence-corrected chi connectivity index (χ3v) is 3.96. The summed E-state index contributed by atoms with van der Waals surface area (Å²) in [6, 6.07) is 17.3. The zero-order valence-electron chi connectivity index (χ0n) is 10.6. The van der Waals surface area contributed by atoms with Gasteiger partial charge in [0.25, 0.3) is 0 Å². The molecule has 0 amide bonds. The van der Waals surface area contributed by atoms with Gasteiger partial charge in [-0.15, -0.1) is 12.4 Å². The molecule has 19 heavy (non-hydrogen) atoms. The highest BCUT2D eigenvalue weighted by atomic mass is 35.5. The number of hydrogen-bond donors (Lipinski definition) is 1. The fourth-order valence-electron chi connectivity index (χ4n) is 2.60. The average molecular weight is 294 g/mol. The normalized spacial score (nSPS) is 13.9. The second-order valence-corrected chi connectivity index (χ2v) is 5.25. The first-order valence-corrected chi connectivity index (χ1v) is 6.74. The molecule has 1 nitrogen and oxygen atoms in total. The van der Waals surface area contributed by atoms with Gasteiger partial charge in [0.05, 0.1) is 0 Å². The highest BCUT2D eigenvalue weighted by Crippen LogP contribution is 2.22. The lowest BCUT2D eigenvalue weighted by Gasteiger charge is -2.12. The van der Waals surface area contributed by atoms with Gasteiger partial charge in [-0.05, 0) is 35.6 Å². The Balaban J connectivity index is 0.00000133. The van der Waals surface area contributed by atoms with Crippen LogP contribution in [0.3, 0.4) is 0 Å². The summed E-state index contributed by atoms with van der Waals surface area (Å²) >= 11 is 6.16. The van der Waals surface area contributed by atoms with Crippen LogP contribution in [0.5, 0.6) is 0 Å². The van der Waals surface area contributed by atoms with E-state index in [1.807, 2.05) is 18.2 Å². The van der Waals surface area contributed by atoms with Gasteiger partial charge >= 0.3 is 0 Å².